The molecule has 0 fully saturated rings. The first kappa shape index (κ1) is 30.3. The monoisotopic (exact) mass is 692 g/mol. The predicted molar refractivity (Wildman–Crippen MR) is 225 cm³/mol. The first-order valence-corrected chi connectivity index (χ1v) is 18.2. The summed E-state index contributed by atoms with van der Waals surface area (Å²) in [5.41, 5.74) is 9.81. The van der Waals surface area contributed by atoms with Crippen molar-refractivity contribution in [3.63, 3.8) is 0 Å². The third kappa shape index (κ3) is 4.92. The zero-order valence-electron chi connectivity index (χ0n) is 29.2. The Morgan fingerprint density at radius 2 is 0.611 bits per heavy atom. The molecule has 0 radical (unpaired) electrons. The zero-order valence-corrected chi connectivity index (χ0v) is 29.2. The van der Waals surface area contributed by atoms with Gasteiger partial charge in [-0.3, -0.25) is 0 Å². The standard InChI is InChI=1S/C50H32N2O2/c1-5-13-37(14-6-1)51(38-15-7-2-8-16-38)41-23-21-33-29-45-43-25-26-44-46-30-34-22-24-42(52(39-17-9-3-10-18-39)40-19-11-4-12-20-40)28-36(34)32-48(46)54-50(44)49(43)53-47(45)31-35(33)27-41/h1-32H. The van der Waals surface area contributed by atoms with Gasteiger partial charge in [-0.25, -0.2) is 0 Å². The van der Waals surface area contributed by atoms with Crippen molar-refractivity contribution in [3.05, 3.63) is 194 Å². The number of fused-ring (bicyclic) bond motifs is 9. The smallest absolute Gasteiger partial charge is 0.178 e. The molecule has 11 rings (SSSR count). The quantitative estimate of drug-likeness (QED) is 0.174. The summed E-state index contributed by atoms with van der Waals surface area (Å²) in [6, 6.07) is 68.4. The maximum Gasteiger partial charge on any atom is 0.178 e. The molecule has 9 aromatic carbocycles. The van der Waals surface area contributed by atoms with Gasteiger partial charge in [0.15, 0.2) is 11.2 Å². The molecule has 2 aromatic heterocycles. The van der Waals surface area contributed by atoms with Crippen molar-refractivity contribution in [2.45, 2.75) is 0 Å². The lowest BCUT2D eigenvalue weighted by Gasteiger charge is -2.25. The predicted octanol–water partition coefficient (Wildman–Crippen LogP) is 14.7. The molecule has 0 atom stereocenters. The first-order chi connectivity index (χ1) is 26.7. The van der Waals surface area contributed by atoms with Crippen molar-refractivity contribution in [1.82, 2.24) is 0 Å². The highest BCUT2D eigenvalue weighted by Gasteiger charge is 2.19. The van der Waals surface area contributed by atoms with E-state index in [4.69, 9.17) is 8.83 Å². The Kier molecular flexibility index (Phi) is 6.82. The van der Waals surface area contributed by atoms with E-state index in [9.17, 15) is 0 Å². The van der Waals surface area contributed by atoms with Gasteiger partial charge in [0.05, 0.1) is 0 Å². The van der Waals surface area contributed by atoms with Gasteiger partial charge in [0, 0.05) is 55.7 Å². The zero-order chi connectivity index (χ0) is 35.6. The van der Waals surface area contributed by atoms with Gasteiger partial charge in [-0.15, -0.1) is 0 Å². The van der Waals surface area contributed by atoms with Crippen molar-refractivity contribution in [1.29, 1.82) is 0 Å². The summed E-state index contributed by atoms with van der Waals surface area (Å²) in [7, 11) is 0. The largest absolute Gasteiger partial charge is 0.452 e. The Morgan fingerprint density at radius 1 is 0.259 bits per heavy atom. The number of hydrogen-bond donors (Lipinski definition) is 0. The molecule has 0 aliphatic rings. The third-order valence-electron chi connectivity index (χ3n) is 10.5. The normalized spacial score (nSPS) is 11.7. The second-order valence-electron chi connectivity index (χ2n) is 13.8. The topological polar surface area (TPSA) is 32.8 Å². The fourth-order valence-electron chi connectivity index (χ4n) is 8.01. The van der Waals surface area contributed by atoms with Crippen LogP contribution in [0.3, 0.4) is 0 Å². The van der Waals surface area contributed by atoms with Gasteiger partial charge in [-0.05, 0) is 131 Å². The number of hydrogen-bond acceptors (Lipinski definition) is 4. The van der Waals surface area contributed by atoms with Crippen molar-refractivity contribution >= 4 is 99.5 Å². The minimum Gasteiger partial charge on any atom is -0.452 e. The first-order valence-electron chi connectivity index (χ1n) is 18.2. The second-order valence-corrected chi connectivity index (χ2v) is 13.8. The lowest BCUT2D eigenvalue weighted by atomic mass is 10.0. The highest BCUT2D eigenvalue weighted by molar-refractivity contribution is 6.21. The van der Waals surface area contributed by atoms with Gasteiger partial charge in [-0.2, -0.15) is 0 Å². The maximum atomic E-state index is 6.71. The summed E-state index contributed by atoms with van der Waals surface area (Å²) in [5.74, 6) is 0. The number of benzene rings is 9. The third-order valence-corrected chi connectivity index (χ3v) is 10.5. The molecule has 254 valence electrons. The summed E-state index contributed by atoms with van der Waals surface area (Å²) in [4.78, 5) is 4.57. The molecule has 0 saturated heterocycles. The Bertz CT molecular complexity index is 2860. The minimum absolute atomic E-state index is 0.772. The fraction of sp³-hybridized carbons (Fsp3) is 0. The van der Waals surface area contributed by atoms with Gasteiger partial charge in [0.1, 0.15) is 11.2 Å². The van der Waals surface area contributed by atoms with E-state index >= 15 is 0 Å². The van der Waals surface area contributed by atoms with Crippen LogP contribution in [0.15, 0.2) is 203 Å². The SMILES string of the molecule is c1ccc(N(c2ccccc2)c2ccc3cc4c(cc3c2)oc2c4ccc3c4cc5ccc(N(c6ccccc6)c6ccccc6)cc5cc4oc32)cc1. The van der Waals surface area contributed by atoms with E-state index in [0.29, 0.717) is 0 Å². The lowest BCUT2D eigenvalue weighted by Crippen LogP contribution is -2.09. The highest BCUT2D eigenvalue weighted by atomic mass is 16.4. The van der Waals surface area contributed by atoms with Gasteiger partial charge in [0.25, 0.3) is 0 Å². The number of nitrogens with zero attached hydrogens (tertiary/aromatic N) is 2. The van der Waals surface area contributed by atoms with E-state index in [1.54, 1.807) is 0 Å². The fourth-order valence-corrected chi connectivity index (χ4v) is 8.01. The van der Waals surface area contributed by atoms with E-state index in [1.165, 1.54) is 0 Å². The number of anilines is 6. The van der Waals surface area contributed by atoms with Crippen LogP contribution in [-0.4, -0.2) is 0 Å². The molecule has 2 heterocycles. The van der Waals surface area contributed by atoms with Crippen molar-refractivity contribution in [2.75, 3.05) is 9.80 Å². The molecule has 0 unspecified atom stereocenters. The van der Waals surface area contributed by atoms with E-state index in [0.717, 1.165) is 99.5 Å². The summed E-state index contributed by atoms with van der Waals surface area (Å²) < 4.78 is 13.4. The van der Waals surface area contributed by atoms with Crippen LogP contribution in [0, 0.1) is 0 Å². The van der Waals surface area contributed by atoms with Crippen molar-refractivity contribution in [3.8, 4) is 0 Å². The van der Waals surface area contributed by atoms with Crippen LogP contribution in [0.5, 0.6) is 0 Å². The molecule has 54 heavy (non-hydrogen) atoms. The Morgan fingerprint density at radius 3 is 0.963 bits per heavy atom. The molecule has 0 amide bonds. The Labute approximate surface area is 311 Å². The van der Waals surface area contributed by atoms with E-state index < -0.39 is 0 Å². The van der Waals surface area contributed by atoms with Crippen LogP contribution < -0.4 is 9.80 Å². The molecule has 4 heteroatoms. The number of furan rings is 2. The maximum absolute atomic E-state index is 6.71. The average molecular weight is 693 g/mol. The molecule has 0 bridgehead atoms. The van der Waals surface area contributed by atoms with Crippen LogP contribution in [0.2, 0.25) is 0 Å². The molecule has 0 spiro atoms. The molecule has 0 N–H and O–H groups in total. The van der Waals surface area contributed by atoms with Gasteiger partial charge in [0.2, 0.25) is 0 Å². The van der Waals surface area contributed by atoms with Gasteiger partial charge in [-0.1, -0.05) is 84.9 Å². The van der Waals surface area contributed by atoms with E-state index in [-0.39, 0.29) is 0 Å². The molecule has 0 saturated carbocycles. The van der Waals surface area contributed by atoms with Gasteiger partial charge >= 0.3 is 0 Å². The molecular formula is C50H32N2O2. The molecular weight excluding hydrogens is 661 g/mol. The molecule has 4 nitrogen and oxygen atoms in total. The lowest BCUT2D eigenvalue weighted by molar-refractivity contribution is 0.634. The molecule has 11 aromatic rings. The summed E-state index contributed by atoms with van der Waals surface area (Å²) in [5, 5.41) is 8.78. The second kappa shape index (κ2) is 12.1. The van der Waals surface area contributed by atoms with E-state index in [1.807, 2.05) is 0 Å². The molecule has 0 aliphatic heterocycles. The number of rotatable bonds is 6. The van der Waals surface area contributed by atoms with Gasteiger partial charge < -0.3 is 18.6 Å². The van der Waals surface area contributed by atoms with Crippen LogP contribution in [0.25, 0.3) is 65.4 Å². The van der Waals surface area contributed by atoms with Crippen molar-refractivity contribution < 1.29 is 8.83 Å². The van der Waals surface area contributed by atoms with Crippen molar-refractivity contribution in [2.24, 2.45) is 0 Å². The van der Waals surface area contributed by atoms with Crippen LogP contribution in [-0.2, 0) is 0 Å². The Hall–Kier alpha value is -7.30. The summed E-state index contributed by atoms with van der Waals surface area (Å²) in [6.45, 7) is 0. The Balaban J connectivity index is 1.04. The number of para-hydroxylation sites is 4. The van der Waals surface area contributed by atoms with Crippen LogP contribution in [0.1, 0.15) is 0 Å². The summed E-state index contributed by atoms with van der Waals surface area (Å²) >= 11 is 0. The van der Waals surface area contributed by atoms with E-state index in [2.05, 4.69) is 204 Å². The minimum atomic E-state index is 0.772. The average Bonchev–Trinajstić information content (AvgIpc) is 3.78. The molecule has 0 aliphatic carbocycles. The van der Waals surface area contributed by atoms with Crippen LogP contribution in [0.4, 0.5) is 34.1 Å². The van der Waals surface area contributed by atoms with Crippen LogP contribution >= 0.6 is 0 Å². The summed E-state index contributed by atoms with van der Waals surface area (Å²) in [6.07, 6.45) is 0. The highest BCUT2D eigenvalue weighted by Crippen LogP contribution is 2.43.